The molecule has 1 unspecified atom stereocenters. The Bertz CT molecular complexity index is 609. The van der Waals surface area contributed by atoms with Gasteiger partial charge in [-0.05, 0) is 12.8 Å². The van der Waals surface area contributed by atoms with E-state index >= 15 is 0 Å². The lowest BCUT2D eigenvalue weighted by atomic mass is 10.1. The smallest absolute Gasteiger partial charge is 0.462 e. The molecule has 9 nitrogen and oxygen atoms in total. The largest absolute Gasteiger partial charge is 0.472 e. The van der Waals surface area contributed by atoms with Crippen LogP contribution in [0.5, 0.6) is 0 Å². The van der Waals surface area contributed by atoms with Crippen molar-refractivity contribution >= 4 is 19.8 Å². The van der Waals surface area contributed by atoms with Crippen LogP contribution in [0.4, 0.5) is 0 Å². The number of rotatable bonds is 23. The van der Waals surface area contributed by atoms with E-state index in [1.54, 1.807) is 0 Å². The average molecular weight is 525 g/mol. The Morgan fingerprint density at radius 3 is 1.86 bits per heavy atom. The molecule has 0 fully saturated rings. The molecule has 2 atom stereocenters. The van der Waals surface area contributed by atoms with Gasteiger partial charge in [0.25, 0.3) is 0 Å². The van der Waals surface area contributed by atoms with Crippen molar-refractivity contribution in [2.45, 2.75) is 103 Å². The summed E-state index contributed by atoms with van der Waals surface area (Å²) in [6, 6.07) is 0. The van der Waals surface area contributed by atoms with Crippen LogP contribution in [-0.2, 0) is 32.7 Å². The Morgan fingerprint density at radius 2 is 1.29 bits per heavy atom. The van der Waals surface area contributed by atoms with Crippen molar-refractivity contribution in [2.75, 3.05) is 47.5 Å². The fourth-order valence-corrected chi connectivity index (χ4v) is 3.93. The van der Waals surface area contributed by atoms with E-state index < -0.39 is 26.5 Å². The Morgan fingerprint density at radius 1 is 0.771 bits per heavy atom. The normalized spacial score (nSPS) is 14.3. The number of hydrogen-bond donors (Lipinski definition) is 1. The molecule has 0 aliphatic carbocycles. The molecule has 0 radical (unpaired) electrons. The molecule has 0 heterocycles. The maximum absolute atomic E-state index is 12.2. The van der Waals surface area contributed by atoms with E-state index in [9.17, 15) is 19.0 Å². The zero-order chi connectivity index (χ0) is 26.6. The minimum atomic E-state index is -4.33. The van der Waals surface area contributed by atoms with Gasteiger partial charge in [-0.15, -0.1) is 0 Å². The second kappa shape index (κ2) is 20.1. The van der Waals surface area contributed by atoms with Crippen LogP contribution in [0, 0.1) is 0 Å². The number of carbonyl (C=O) groups excluding carboxylic acids is 2. The molecule has 10 heteroatoms. The molecule has 0 bridgehead atoms. The lowest BCUT2D eigenvalue weighted by Gasteiger charge is -2.24. The number of esters is 2. The van der Waals surface area contributed by atoms with Crippen molar-refractivity contribution in [3.05, 3.63) is 0 Å². The van der Waals surface area contributed by atoms with Gasteiger partial charge in [0.05, 0.1) is 27.7 Å². The van der Waals surface area contributed by atoms with Crippen LogP contribution < -0.4 is 0 Å². The first-order valence-corrected chi connectivity index (χ1v) is 14.8. The second-order valence-electron chi connectivity index (χ2n) is 10.1. The SMILES string of the molecule is CCCCCCCCCC(=O)OC[C@H](COP(=O)(O)OCC[N+](C)(C)C)OC(=O)CCCCCC. The van der Waals surface area contributed by atoms with Crippen LogP contribution in [0.25, 0.3) is 0 Å². The summed E-state index contributed by atoms with van der Waals surface area (Å²) in [5, 5.41) is 0. The molecule has 0 aliphatic heterocycles. The van der Waals surface area contributed by atoms with Gasteiger partial charge in [-0.25, -0.2) is 4.57 Å². The maximum atomic E-state index is 12.2. The van der Waals surface area contributed by atoms with Crippen LogP contribution in [-0.4, -0.2) is 74.9 Å². The van der Waals surface area contributed by atoms with E-state index in [-0.39, 0.29) is 25.6 Å². The first-order valence-electron chi connectivity index (χ1n) is 13.3. The van der Waals surface area contributed by atoms with E-state index in [1.807, 2.05) is 21.1 Å². The summed E-state index contributed by atoms with van der Waals surface area (Å²) in [5.74, 6) is -0.828. The second-order valence-corrected chi connectivity index (χ2v) is 11.5. The average Bonchev–Trinajstić information content (AvgIpc) is 2.77. The molecule has 0 saturated heterocycles. The number of unbranched alkanes of at least 4 members (excludes halogenated alkanes) is 9. The van der Waals surface area contributed by atoms with Gasteiger partial charge < -0.3 is 18.9 Å². The fourth-order valence-electron chi connectivity index (χ4n) is 3.19. The predicted molar refractivity (Wildman–Crippen MR) is 137 cm³/mol. The third kappa shape index (κ3) is 23.2. The van der Waals surface area contributed by atoms with Gasteiger partial charge in [0.2, 0.25) is 0 Å². The highest BCUT2D eigenvalue weighted by Crippen LogP contribution is 2.43. The van der Waals surface area contributed by atoms with Gasteiger partial charge in [-0.3, -0.25) is 18.6 Å². The van der Waals surface area contributed by atoms with Gasteiger partial charge in [-0.1, -0.05) is 71.6 Å². The molecule has 0 aliphatic rings. The predicted octanol–water partition coefficient (Wildman–Crippen LogP) is 5.39. The van der Waals surface area contributed by atoms with Crippen molar-refractivity contribution in [2.24, 2.45) is 0 Å². The van der Waals surface area contributed by atoms with Crippen molar-refractivity contribution in [1.29, 1.82) is 0 Å². The molecule has 35 heavy (non-hydrogen) atoms. The molecule has 208 valence electrons. The Kier molecular flexibility index (Phi) is 19.5. The van der Waals surface area contributed by atoms with Crippen molar-refractivity contribution in [3.63, 3.8) is 0 Å². The number of phosphoric ester groups is 1. The van der Waals surface area contributed by atoms with E-state index in [0.717, 1.165) is 38.5 Å². The Labute approximate surface area is 213 Å². The highest BCUT2D eigenvalue weighted by Gasteiger charge is 2.27. The summed E-state index contributed by atoms with van der Waals surface area (Å²) in [6.45, 7) is 4.19. The zero-order valence-electron chi connectivity index (χ0n) is 22.8. The van der Waals surface area contributed by atoms with E-state index in [0.29, 0.717) is 23.9 Å². The summed E-state index contributed by atoms with van der Waals surface area (Å²) in [6.07, 6.45) is 10.9. The third-order valence-electron chi connectivity index (χ3n) is 5.39. The number of phosphoric acid groups is 1. The van der Waals surface area contributed by atoms with Crippen LogP contribution in [0.2, 0.25) is 0 Å². The van der Waals surface area contributed by atoms with Gasteiger partial charge in [0.1, 0.15) is 19.8 Å². The highest BCUT2D eigenvalue weighted by atomic mass is 31.2. The summed E-state index contributed by atoms with van der Waals surface area (Å²) >= 11 is 0. The maximum Gasteiger partial charge on any atom is 0.472 e. The molecule has 0 amide bonds. The van der Waals surface area contributed by atoms with Crippen molar-refractivity contribution in [3.8, 4) is 0 Å². The van der Waals surface area contributed by atoms with Crippen molar-refractivity contribution in [1.82, 2.24) is 0 Å². The molecule has 0 rings (SSSR count). The number of nitrogens with zero attached hydrogens (tertiary/aromatic N) is 1. The number of carbonyl (C=O) groups is 2. The first-order chi connectivity index (χ1) is 16.5. The Hall–Kier alpha value is -0.990. The quantitative estimate of drug-likeness (QED) is 0.0820. The van der Waals surface area contributed by atoms with Gasteiger partial charge in [0.15, 0.2) is 6.10 Å². The lowest BCUT2D eigenvalue weighted by Crippen LogP contribution is -2.37. The third-order valence-corrected chi connectivity index (χ3v) is 6.37. The molecule has 1 N–H and O–H groups in total. The number of ether oxygens (including phenoxy) is 2. The van der Waals surface area contributed by atoms with Crippen molar-refractivity contribution < 1.29 is 42.1 Å². The monoisotopic (exact) mass is 524 g/mol. The van der Waals surface area contributed by atoms with Crippen LogP contribution in [0.1, 0.15) is 97.3 Å². The minimum Gasteiger partial charge on any atom is -0.462 e. The molecule has 0 aromatic carbocycles. The fraction of sp³-hybridized carbons (Fsp3) is 0.920. The summed E-state index contributed by atoms with van der Waals surface area (Å²) in [4.78, 5) is 34.3. The van der Waals surface area contributed by atoms with Gasteiger partial charge in [0, 0.05) is 12.8 Å². The number of quaternary nitrogens is 1. The lowest BCUT2D eigenvalue weighted by molar-refractivity contribution is -0.870. The molecule has 0 saturated carbocycles. The summed E-state index contributed by atoms with van der Waals surface area (Å²) in [7, 11) is 1.47. The van der Waals surface area contributed by atoms with Gasteiger partial charge >= 0.3 is 19.8 Å². The summed E-state index contributed by atoms with van der Waals surface area (Å²) < 4.78 is 33.5. The molecule has 0 spiro atoms. The van der Waals surface area contributed by atoms with E-state index in [1.165, 1.54) is 25.7 Å². The molecular weight excluding hydrogens is 473 g/mol. The Balaban J connectivity index is 4.56. The topological polar surface area (TPSA) is 108 Å². The van der Waals surface area contributed by atoms with Crippen LogP contribution in [0.15, 0.2) is 0 Å². The van der Waals surface area contributed by atoms with Gasteiger partial charge in [-0.2, -0.15) is 0 Å². The zero-order valence-corrected chi connectivity index (χ0v) is 23.7. The van der Waals surface area contributed by atoms with Crippen LogP contribution in [0.3, 0.4) is 0 Å². The van der Waals surface area contributed by atoms with E-state index in [4.69, 9.17) is 18.5 Å². The van der Waals surface area contributed by atoms with Crippen LogP contribution >= 0.6 is 7.82 Å². The first kappa shape index (κ1) is 34.0. The standard InChI is InChI=1S/C25H50NO8P/c1-6-8-10-12-13-14-16-17-24(27)31-21-23(34-25(28)18-15-11-9-7-2)22-33-35(29,30)32-20-19-26(3,4)5/h23H,6-22H2,1-5H3/p+1/t23-/m1/s1. The molecular formula is C25H51NO8P+. The number of hydrogen-bond acceptors (Lipinski definition) is 7. The number of likely N-dealkylation sites (N-methyl/N-ethyl adjacent to an activating group) is 1. The highest BCUT2D eigenvalue weighted by molar-refractivity contribution is 7.47. The van der Waals surface area contributed by atoms with E-state index in [2.05, 4.69) is 13.8 Å². The molecule has 0 aromatic heterocycles. The summed E-state index contributed by atoms with van der Waals surface area (Å²) in [5.41, 5.74) is 0. The minimum absolute atomic E-state index is 0.0343. The molecule has 0 aromatic rings.